The molecule has 3 aromatic carbocycles. The SMILES string of the molecule is CSc1nc2n(n1)[C@H](c1ccc(C)cc1)C1=C(N2)c2ccccc2O[C@H]1c1ccccc1. The third-order valence-corrected chi connectivity index (χ3v) is 6.58. The van der Waals surface area contributed by atoms with Crippen molar-refractivity contribution in [3.8, 4) is 5.75 Å². The van der Waals surface area contributed by atoms with Gasteiger partial charge in [-0.2, -0.15) is 4.98 Å². The highest BCUT2D eigenvalue weighted by molar-refractivity contribution is 7.98. The molecule has 2 atom stereocenters. The summed E-state index contributed by atoms with van der Waals surface area (Å²) >= 11 is 1.55. The minimum atomic E-state index is -0.241. The molecule has 0 bridgehead atoms. The van der Waals surface area contributed by atoms with Gasteiger partial charge in [-0.15, -0.1) is 5.10 Å². The number of rotatable bonds is 3. The predicted molar refractivity (Wildman–Crippen MR) is 128 cm³/mol. The average molecular weight is 439 g/mol. The molecule has 6 heteroatoms. The third-order valence-electron chi connectivity index (χ3n) is 6.04. The Labute approximate surface area is 191 Å². The minimum Gasteiger partial charge on any atom is -0.480 e. The van der Waals surface area contributed by atoms with Crippen LogP contribution in [0.1, 0.15) is 34.4 Å². The monoisotopic (exact) mass is 438 g/mol. The van der Waals surface area contributed by atoms with E-state index in [1.165, 1.54) is 5.56 Å². The smallest absolute Gasteiger partial charge is 0.227 e. The van der Waals surface area contributed by atoms with E-state index in [0.29, 0.717) is 0 Å². The highest BCUT2D eigenvalue weighted by Gasteiger charge is 2.41. The van der Waals surface area contributed by atoms with E-state index in [1.54, 1.807) is 11.8 Å². The Morgan fingerprint density at radius 2 is 1.66 bits per heavy atom. The maximum atomic E-state index is 6.65. The van der Waals surface area contributed by atoms with Crippen molar-refractivity contribution in [1.29, 1.82) is 0 Å². The van der Waals surface area contributed by atoms with Crippen molar-refractivity contribution in [3.05, 3.63) is 107 Å². The Balaban J connectivity index is 1.63. The lowest BCUT2D eigenvalue weighted by Crippen LogP contribution is -2.32. The molecular weight excluding hydrogens is 416 g/mol. The predicted octanol–water partition coefficient (Wildman–Crippen LogP) is 5.87. The number of nitrogens with zero attached hydrogens (tertiary/aromatic N) is 3. The van der Waals surface area contributed by atoms with Crippen molar-refractivity contribution in [3.63, 3.8) is 0 Å². The van der Waals surface area contributed by atoms with Gasteiger partial charge in [0.1, 0.15) is 17.9 Å². The molecule has 0 spiro atoms. The normalized spacial score (nSPS) is 18.8. The van der Waals surface area contributed by atoms with Gasteiger partial charge in [0, 0.05) is 11.1 Å². The van der Waals surface area contributed by atoms with Crippen molar-refractivity contribution < 1.29 is 4.74 Å². The zero-order valence-corrected chi connectivity index (χ0v) is 18.6. The van der Waals surface area contributed by atoms with E-state index in [1.807, 2.05) is 35.2 Å². The molecule has 2 aliphatic heterocycles. The van der Waals surface area contributed by atoms with Crippen LogP contribution in [0, 0.1) is 6.92 Å². The summed E-state index contributed by atoms with van der Waals surface area (Å²) in [5, 5.41) is 9.18. The van der Waals surface area contributed by atoms with Gasteiger partial charge < -0.3 is 10.1 Å². The topological polar surface area (TPSA) is 52.0 Å². The first-order chi connectivity index (χ1) is 15.7. The molecule has 0 unspecified atom stereocenters. The van der Waals surface area contributed by atoms with Gasteiger partial charge in [0.25, 0.3) is 0 Å². The van der Waals surface area contributed by atoms with Crippen LogP contribution >= 0.6 is 11.8 Å². The van der Waals surface area contributed by atoms with Crippen LogP contribution in [-0.2, 0) is 0 Å². The number of hydrogen-bond acceptors (Lipinski definition) is 5. The average Bonchev–Trinajstić information content (AvgIpc) is 3.26. The minimum absolute atomic E-state index is 0.131. The zero-order chi connectivity index (χ0) is 21.7. The van der Waals surface area contributed by atoms with Crippen molar-refractivity contribution in [1.82, 2.24) is 14.8 Å². The van der Waals surface area contributed by atoms with E-state index in [0.717, 1.165) is 44.8 Å². The van der Waals surface area contributed by atoms with E-state index in [4.69, 9.17) is 14.8 Å². The Hall–Kier alpha value is -3.51. The maximum Gasteiger partial charge on any atom is 0.227 e. The standard InChI is InChI=1S/C26H22N4OS/c1-16-12-14-17(15-13-16)23-21-22(27-25-28-26(32-2)29-30(23)25)19-10-6-7-11-20(19)31-24(21)18-8-4-3-5-9-18/h3-15,23-24H,1-2H3,(H,27,28,29)/t23-,24+/m1/s1. The number of ether oxygens (including phenoxy) is 1. The second-order valence-electron chi connectivity index (χ2n) is 8.04. The van der Waals surface area contributed by atoms with Gasteiger partial charge in [-0.25, -0.2) is 4.68 Å². The maximum absolute atomic E-state index is 6.65. The summed E-state index contributed by atoms with van der Waals surface area (Å²) in [5.41, 5.74) is 6.74. The van der Waals surface area contributed by atoms with Crippen LogP contribution in [0.4, 0.5) is 5.95 Å². The molecule has 4 aromatic rings. The first-order valence-corrected chi connectivity index (χ1v) is 11.8. The summed E-state index contributed by atoms with van der Waals surface area (Å²) in [6, 6.07) is 27.1. The molecule has 1 N–H and O–H groups in total. The molecule has 0 fully saturated rings. The summed E-state index contributed by atoms with van der Waals surface area (Å²) in [5.74, 6) is 1.62. The van der Waals surface area contributed by atoms with Gasteiger partial charge in [0.05, 0.1) is 5.70 Å². The fourth-order valence-corrected chi connectivity index (χ4v) is 4.86. The van der Waals surface area contributed by atoms with Crippen LogP contribution in [0.5, 0.6) is 5.75 Å². The van der Waals surface area contributed by atoms with Gasteiger partial charge in [0.2, 0.25) is 11.1 Å². The Morgan fingerprint density at radius 1 is 0.906 bits per heavy atom. The number of hydrogen-bond donors (Lipinski definition) is 1. The van der Waals surface area contributed by atoms with Crippen LogP contribution in [0.2, 0.25) is 0 Å². The molecule has 0 radical (unpaired) electrons. The van der Waals surface area contributed by atoms with E-state index in [2.05, 4.69) is 66.8 Å². The Kier molecular flexibility index (Phi) is 4.54. The van der Waals surface area contributed by atoms with Crippen molar-refractivity contribution in [2.24, 2.45) is 0 Å². The molecule has 0 saturated carbocycles. The largest absolute Gasteiger partial charge is 0.480 e. The molecule has 5 nitrogen and oxygen atoms in total. The molecule has 0 aliphatic carbocycles. The summed E-state index contributed by atoms with van der Waals surface area (Å²) in [6.07, 6.45) is 1.76. The van der Waals surface area contributed by atoms with Gasteiger partial charge in [-0.05, 0) is 36.4 Å². The van der Waals surface area contributed by atoms with E-state index < -0.39 is 0 Å². The molecule has 0 saturated heterocycles. The van der Waals surface area contributed by atoms with Crippen LogP contribution in [0.15, 0.2) is 89.6 Å². The van der Waals surface area contributed by atoms with Crippen molar-refractivity contribution in [2.75, 3.05) is 11.6 Å². The Bertz CT molecular complexity index is 1330. The fourth-order valence-electron chi connectivity index (χ4n) is 4.52. The number of anilines is 1. The highest BCUT2D eigenvalue weighted by Crippen LogP contribution is 2.50. The van der Waals surface area contributed by atoms with E-state index in [-0.39, 0.29) is 12.1 Å². The Morgan fingerprint density at radius 3 is 2.44 bits per heavy atom. The third kappa shape index (κ3) is 3.02. The lowest BCUT2D eigenvalue weighted by Gasteiger charge is -2.38. The number of aryl methyl sites for hydroxylation is 1. The lowest BCUT2D eigenvalue weighted by atomic mass is 9.84. The number of aromatic nitrogens is 3. The van der Waals surface area contributed by atoms with Crippen LogP contribution in [0.3, 0.4) is 0 Å². The molecule has 158 valence electrons. The number of benzene rings is 3. The molecule has 3 heterocycles. The summed E-state index contributed by atoms with van der Waals surface area (Å²) < 4.78 is 8.65. The fraction of sp³-hybridized carbons (Fsp3) is 0.154. The van der Waals surface area contributed by atoms with Gasteiger partial charge in [-0.1, -0.05) is 84.1 Å². The summed E-state index contributed by atoms with van der Waals surface area (Å²) in [7, 11) is 0. The van der Waals surface area contributed by atoms with Crippen molar-refractivity contribution in [2.45, 2.75) is 24.2 Å². The number of thioether (sulfide) groups is 1. The summed E-state index contributed by atoms with van der Waals surface area (Å²) in [6.45, 7) is 2.11. The highest BCUT2D eigenvalue weighted by atomic mass is 32.2. The summed E-state index contributed by atoms with van der Waals surface area (Å²) in [4.78, 5) is 4.75. The first kappa shape index (κ1) is 19.2. The second-order valence-corrected chi connectivity index (χ2v) is 8.81. The van der Waals surface area contributed by atoms with Crippen molar-refractivity contribution >= 4 is 23.4 Å². The molecule has 32 heavy (non-hydrogen) atoms. The first-order valence-electron chi connectivity index (χ1n) is 10.6. The van der Waals surface area contributed by atoms with Gasteiger partial charge in [0.15, 0.2) is 0 Å². The number of fused-ring (bicyclic) bond motifs is 3. The lowest BCUT2D eigenvalue weighted by molar-refractivity contribution is 0.223. The van der Waals surface area contributed by atoms with Gasteiger partial charge >= 0.3 is 0 Å². The number of para-hydroxylation sites is 1. The number of nitrogens with one attached hydrogen (secondary N) is 1. The molecule has 6 rings (SSSR count). The quantitative estimate of drug-likeness (QED) is 0.406. The molecule has 0 amide bonds. The van der Waals surface area contributed by atoms with E-state index >= 15 is 0 Å². The van der Waals surface area contributed by atoms with Crippen LogP contribution < -0.4 is 10.1 Å². The van der Waals surface area contributed by atoms with Gasteiger partial charge in [-0.3, -0.25) is 0 Å². The van der Waals surface area contributed by atoms with Crippen LogP contribution in [0.25, 0.3) is 5.70 Å². The van der Waals surface area contributed by atoms with E-state index in [9.17, 15) is 0 Å². The molecular formula is C26H22N4OS. The second kappa shape index (κ2) is 7.57. The zero-order valence-electron chi connectivity index (χ0n) is 17.8. The molecule has 1 aromatic heterocycles. The molecule has 2 aliphatic rings. The van der Waals surface area contributed by atoms with Crippen LogP contribution in [-0.4, -0.2) is 21.0 Å².